The highest BCUT2D eigenvalue weighted by Gasteiger charge is 2.13. The highest BCUT2D eigenvalue weighted by Crippen LogP contribution is 2.25. The van der Waals surface area contributed by atoms with Crippen molar-refractivity contribution >= 4 is 17.3 Å². The summed E-state index contributed by atoms with van der Waals surface area (Å²) in [6.45, 7) is 3.97. The van der Waals surface area contributed by atoms with Crippen LogP contribution < -0.4 is 10.6 Å². The fourth-order valence-corrected chi connectivity index (χ4v) is 2.79. The highest BCUT2D eigenvalue weighted by atomic mass is 16.1. The first-order valence-corrected chi connectivity index (χ1v) is 7.61. The predicted octanol–water partition coefficient (Wildman–Crippen LogP) is 3.51. The first-order chi connectivity index (χ1) is 10.3. The second kappa shape index (κ2) is 6.04. The molecule has 0 spiro atoms. The van der Waals surface area contributed by atoms with E-state index in [0.29, 0.717) is 5.69 Å². The molecule has 0 unspecified atom stereocenters. The quantitative estimate of drug-likeness (QED) is 0.902. The fourth-order valence-electron chi connectivity index (χ4n) is 2.79. The number of hydrogen-bond donors (Lipinski definition) is 2. The minimum absolute atomic E-state index is 0.0517. The van der Waals surface area contributed by atoms with Crippen molar-refractivity contribution in [3.63, 3.8) is 0 Å². The van der Waals surface area contributed by atoms with E-state index in [-0.39, 0.29) is 5.91 Å². The molecule has 0 fully saturated rings. The van der Waals surface area contributed by atoms with Gasteiger partial charge in [-0.15, -0.1) is 0 Å². The lowest BCUT2D eigenvalue weighted by Gasteiger charge is -2.19. The standard InChI is InChI=1S/C17H21N3O/c1-2-10-20-11-4-6-16(20)17(21)19-14-8-7-13-5-3-9-18-15(13)12-14/h4,6-8,11-12,18H,2-3,5,9-10H2,1H3,(H,19,21). The van der Waals surface area contributed by atoms with Crippen molar-refractivity contribution in [2.45, 2.75) is 32.7 Å². The Labute approximate surface area is 125 Å². The summed E-state index contributed by atoms with van der Waals surface area (Å²) >= 11 is 0. The number of nitrogens with zero attached hydrogens (tertiary/aromatic N) is 1. The Bertz CT molecular complexity index is 645. The maximum Gasteiger partial charge on any atom is 0.272 e. The number of anilines is 2. The molecular formula is C17H21N3O. The van der Waals surface area contributed by atoms with Crippen LogP contribution >= 0.6 is 0 Å². The number of aromatic nitrogens is 1. The molecule has 110 valence electrons. The van der Waals surface area contributed by atoms with Gasteiger partial charge in [0, 0.05) is 30.7 Å². The molecule has 1 aromatic heterocycles. The van der Waals surface area contributed by atoms with Crippen LogP contribution in [0.5, 0.6) is 0 Å². The van der Waals surface area contributed by atoms with Crippen LogP contribution in [-0.2, 0) is 13.0 Å². The van der Waals surface area contributed by atoms with E-state index < -0.39 is 0 Å². The molecule has 0 saturated carbocycles. The van der Waals surface area contributed by atoms with E-state index in [1.807, 2.05) is 35.0 Å². The summed E-state index contributed by atoms with van der Waals surface area (Å²) < 4.78 is 1.99. The van der Waals surface area contributed by atoms with E-state index in [9.17, 15) is 4.79 Å². The number of amides is 1. The molecule has 2 heterocycles. The van der Waals surface area contributed by atoms with E-state index in [4.69, 9.17) is 0 Å². The largest absolute Gasteiger partial charge is 0.385 e. The van der Waals surface area contributed by atoms with Crippen molar-refractivity contribution in [2.75, 3.05) is 17.2 Å². The van der Waals surface area contributed by atoms with Crippen LogP contribution in [0.1, 0.15) is 35.8 Å². The topological polar surface area (TPSA) is 46.1 Å². The minimum Gasteiger partial charge on any atom is -0.385 e. The van der Waals surface area contributed by atoms with Gasteiger partial charge in [0.15, 0.2) is 0 Å². The van der Waals surface area contributed by atoms with Crippen LogP contribution in [-0.4, -0.2) is 17.0 Å². The van der Waals surface area contributed by atoms with E-state index >= 15 is 0 Å². The number of fused-ring (bicyclic) bond motifs is 1. The molecule has 0 aliphatic carbocycles. The Morgan fingerprint density at radius 1 is 1.38 bits per heavy atom. The third kappa shape index (κ3) is 2.94. The molecule has 0 saturated heterocycles. The van der Waals surface area contributed by atoms with Gasteiger partial charge in [-0.1, -0.05) is 13.0 Å². The lowest BCUT2D eigenvalue weighted by atomic mass is 10.0. The monoisotopic (exact) mass is 283 g/mol. The normalized spacial score (nSPS) is 13.4. The van der Waals surface area contributed by atoms with Crippen molar-refractivity contribution in [1.29, 1.82) is 0 Å². The summed E-state index contributed by atoms with van der Waals surface area (Å²) in [6.07, 6.45) is 5.24. The molecule has 0 radical (unpaired) electrons. The lowest BCUT2D eigenvalue weighted by Crippen LogP contribution is -2.17. The molecule has 1 aromatic carbocycles. The Morgan fingerprint density at radius 2 is 2.29 bits per heavy atom. The molecule has 0 bridgehead atoms. The Hall–Kier alpha value is -2.23. The Morgan fingerprint density at radius 3 is 3.14 bits per heavy atom. The Kier molecular flexibility index (Phi) is 3.95. The van der Waals surface area contributed by atoms with Gasteiger partial charge in [-0.05, 0) is 49.1 Å². The molecule has 4 heteroatoms. The number of aryl methyl sites for hydroxylation is 2. The summed E-state index contributed by atoms with van der Waals surface area (Å²) in [6, 6.07) is 9.89. The number of carbonyl (C=O) groups excluding carboxylic acids is 1. The SMILES string of the molecule is CCCn1cccc1C(=O)Nc1ccc2c(c1)NCCC2. The van der Waals surface area contributed by atoms with Gasteiger partial charge < -0.3 is 15.2 Å². The summed E-state index contributed by atoms with van der Waals surface area (Å²) in [5, 5.41) is 6.38. The molecule has 1 aliphatic rings. The van der Waals surface area contributed by atoms with E-state index in [2.05, 4.69) is 23.6 Å². The first kappa shape index (κ1) is 13.7. The minimum atomic E-state index is -0.0517. The summed E-state index contributed by atoms with van der Waals surface area (Å²) in [4.78, 5) is 12.4. The van der Waals surface area contributed by atoms with E-state index in [0.717, 1.165) is 37.3 Å². The maximum atomic E-state index is 12.4. The van der Waals surface area contributed by atoms with Crippen LogP contribution in [0, 0.1) is 0 Å². The third-order valence-electron chi connectivity index (χ3n) is 3.83. The number of benzene rings is 1. The van der Waals surface area contributed by atoms with Crippen molar-refractivity contribution in [3.8, 4) is 0 Å². The average molecular weight is 283 g/mol. The van der Waals surface area contributed by atoms with Gasteiger partial charge >= 0.3 is 0 Å². The molecule has 3 rings (SSSR count). The number of carbonyl (C=O) groups is 1. The van der Waals surface area contributed by atoms with E-state index in [1.165, 1.54) is 12.0 Å². The zero-order valence-electron chi connectivity index (χ0n) is 12.4. The van der Waals surface area contributed by atoms with Crippen molar-refractivity contribution < 1.29 is 4.79 Å². The predicted molar refractivity (Wildman–Crippen MR) is 85.9 cm³/mol. The summed E-state index contributed by atoms with van der Waals surface area (Å²) in [5.74, 6) is -0.0517. The van der Waals surface area contributed by atoms with Crippen LogP contribution in [0.2, 0.25) is 0 Å². The van der Waals surface area contributed by atoms with Gasteiger partial charge in [-0.2, -0.15) is 0 Å². The molecule has 2 aromatic rings. The number of rotatable bonds is 4. The highest BCUT2D eigenvalue weighted by molar-refractivity contribution is 6.03. The molecule has 21 heavy (non-hydrogen) atoms. The van der Waals surface area contributed by atoms with Crippen molar-refractivity contribution in [3.05, 3.63) is 47.8 Å². The number of nitrogens with one attached hydrogen (secondary N) is 2. The van der Waals surface area contributed by atoms with Gasteiger partial charge in [0.05, 0.1) is 0 Å². The average Bonchev–Trinajstić information content (AvgIpc) is 2.96. The fraction of sp³-hybridized carbons (Fsp3) is 0.353. The summed E-state index contributed by atoms with van der Waals surface area (Å²) in [7, 11) is 0. The lowest BCUT2D eigenvalue weighted by molar-refractivity contribution is 0.101. The molecule has 1 amide bonds. The molecule has 4 nitrogen and oxygen atoms in total. The zero-order chi connectivity index (χ0) is 14.7. The smallest absolute Gasteiger partial charge is 0.272 e. The third-order valence-corrected chi connectivity index (χ3v) is 3.83. The first-order valence-electron chi connectivity index (χ1n) is 7.61. The zero-order valence-corrected chi connectivity index (χ0v) is 12.4. The molecular weight excluding hydrogens is 262 g/mol. The number of hydrogen-bond acceptors (Lipinski definition) is 2. The van der Waals surface area contributed by atoms with Crippen LogP contribution in [0.4, 0.5) is 11.4 Å². The van der Waals surface area contributed by atoms with Gasteiger partial charge in [0.1, 0.15) is 5.69 Å². The maximum absolute atomic E-state index is 12.4. The van der Waals surface area contributed by atoms with Crippen LogP contribution in [0.25, 0.3) is 0 Å². The van der Waals surface area contributed by atoms with Gasteiger partial charge in [-0.25, -0.2) is 0 Å². The summed E-state index contributed by atoms with van der Waals surface area (Å²) in [5.41, 5.74) is 4.02. The molecule has 1 aliphatic heterocycles. The second-order valence-electron chi connectivity index (χ2n) is 5.44. The van der Waals surface area contributed by atoms with E-state index in [1.54, 1.807) is 0 Å². The van der Waals surface area contributed by atoms with Crippen molar-refractivity contribution in [2.24, 2.45) is 0 Å². The molecule has 0 atom stereocenters. The van der Waals surface area contributed by atoms with Gasteiger partial charge in [-0.3, -0.25) is 4.79 Å². The second-order valence-corrected chi connectivity index (χ2v) is 5.44. The van der Waals surface area contributed by atoms with Crippen LogP contribution in [0.3, 0.4) is 0 Å². The van der Waals surface area contributed by atoms with Crippen LogP contribution in [0.15, 0.2) is 36.5 Å². The molecule has 2 N–H and O–H groups in total. The Balaban J connectivity index is 1.76. The van der Waals surface area contributed by atoms with Gasteiger partial charge in [0.25, 0.3) is 5.91 Å². The van der Waals surface area contributed by atoms with Crippen molar-refractivity contribution in [1.82, 2.24) is 4.57 Å². The van der Waals surface area contributed by atoms with Gasteiger partial charge in [0.2, 0.25) is 0 Å².